The van der Waals surface area contributed by atoms with Crippen LogP contribution in [0.5, 0.6) is 5.75 Å². The molecular weight excluding hydrogens is 285 g/mol. The van der Waals surface area contributed by atoms with Gasteiger partial charge in [0.15, 0.2) is 0 Å². The van der Waals surface area contributed by atoms with Gasteiger partial charge >= 0.3 is 12.1 Å². The number of benzene rings is 1. The third-order valence-corrected chi connectivity index (χ3v) is 3.08. The highest BCUT2D eigenvalue weighted by Gasteiger charge is 2.48. The average molecular weight is 293 g/mol. The van der Waals surface area contributed by atoms with E-state index < -0.39 is 23.8 Å². The van der Waals surface area contributed by atoms with Gasteiger partial charge in [0, 0.05) is 10.6 Å². The van der Waals surface area contributed by atoms with Gasteiger partial charge < -0.3 is 9.84 Å². The Labute approximate surface area is 111 Å². The Morgan fingerprint density at radius 3 is 2.58 bits per heavy atom. The Morgan fingerprint density at radius 1 is 1.42 bits per heavy atom. The molecule has 1 heterocycles. The van der Waals surface area contributed by atoms with E-state index in [1.165, 1.54) is 12.1 Å². The van der Waals surface area contributed by atoms with Gasteiger partial charge in [0.25, 0.3) is 0 Å². The molecule has 0 spiro atoms. The third-order valence-electron chi connectivity index (χ3n) is 2.67. The van der Waals surface area contributed by atoms with Crippen molar-refractivity contribution in [3.8, 4) is 5.75 Å². The van der Waals surface area contributed by atoms with Crippen LogP contribution in [0.15, 0.2) is 17.7 Å². The molecule has 2 rings (SSSR count). The highest BCUT2D eigenvalue weighted by atomic mass is 35.5. The number of fused-ring (bicyclic) bond motifs is 1. The van der Waals surface area contributed by atoms with E-state index in [4.69, 9.17) is 21.4 Å². The maximum atomic E-state index is 12.8. The van der Waals surface area contributed by atoms with E-state index in [-0.39, 0.29) is 11.3 Å². The van der Waals surface area contributed by atoms with Crippen LogP contribution >= 0.6 is 11.6 Å². The molecule has 0 amide bonds. The number of hydrogen-bond donors (Lipinski definition) is 1. The van der Waals surface area contributed by atoms with E-state index in [2.05, 4.69) is 0 Å². The monoisotopic (exact) mass is 292 g/mol. The molecule has 0 aliphatic carbocycles. The summed E-state index contributed by atoms with van der Waals surface area (Å²) in [4.78, 5) is 10.9. The molecule has 0 fully saturated rings. The second kappa shape index (κ2) is 4.45. The minimum absolute atomic E-state index is 0.0331. The number of aliphatic carboxylic acids is 1. The van der Waals surface area contributed by atoms with Gasteiger partial charge in [-0.25, -0.2) is 4.79 Å². The van der Waals surface area contributed by atoms with Crippen molar-refractivity contribution in [3.05, 3.63) is 33.9 Å². The topological polar surface area (TPSA) is 46.5 Å². The minimum atomic E-state index is -4.80. The molecule has 0 aromatic heterocycles. The summed E-state index contributed by atoms with van der Waals surface area (Å²) in [7, 11) is 0. The van der Waals surface area contributed by atoms with Gasteiger partial charge in [-0.2, -0.15) is 13.2 Å². The number of carbonyl (C=O) groups is 1. The Bertz CT molecular complexity index is 578. The summed E-state index contributed by atoms with van der Waals surface area (Å²) in [5.41, 5.74) is -0.0954. The molecule has 3 nitrogen and oxygen atoms in total. The molecule has 102 valence electrons. The zero-order valence-electron chi connectivity index (χ0n) is 9.58. The lowest BCUT2D eigenvalue weighted by Crippen LogP contribution is -2.40. The maximum Gasteiger partial charge on any atom is 0.430 e. The molecule has 1 aromatic rings. The van der Waals surface area contributed by atoms with Gasteiger partial charge in [0.2, 0.25) is 6.10 Å². The number of rotatable bonds is 1. The average Bonchev–Trinajstić information content (AvgIpc) is 2.27. The molecule has 19 heavy (non-hydrogen) atoms. The first-order chi connectivity index (χ1) is 8.70. The van der Waals surface area contributed by atoms with Crippen LogP contribution in [0.3, 0.4) is 0 Å². The normalized spacial score (nSPS) is 18.4. The quantitative estimate of drug-likeness (QED) is 0.862. The van der Waals surface area contributed by atoms with Crippen molar-refractivity contribution < 1.29 is 27.8 Å². The van der Waals surface area contributed by atoms with E-state index >= 15 is 0 Å². The molecule has 1 aliphatic rings. The van der Waals surface area contributed by atoms with Crippen molar-refractivity contribution in [2.24, 2.45) is 0 Å². The fraction of sp³-hybridized carbons (Fsp3) is 0.250. The van der Waals surface area contributed by atoms with E-state index in [1.54, 1.807) is 6.92 Å². The van der Waals surface area contributed by atoms with Gasteiger partial charge in [-0.1, -0.05) is 11.6 Å². The molecule has 0 saturated heterocycles. The summed E-state index contributed by atoms with van der Waals surface area (Å²) in [5.74, 6) is -1.71. The highest BCUT2D eigenvalue weighted by Crippen LogP contribution is 2.39. The fourth-order valence-electron chi connectivity index (χ4n) is 1.74. The van der Waals surface area contributed by atoms with E-state index in [0.29, 0.717) is 10.6 Å². The van der Waals surface area contributed by atoms with Gasteiger partial charge in [-0.05, 0) is 30.7 Å². The number of carboxylic acids is 1. The lowest BCUT2D eigenvalue weighted by atomic mass is 10.00. The Hall–Kier alpha value is -1.69. The van der Waals surface area contributed by atoms with Gasteiger partial charge in [0.1, 0.15) is 5.75 Å². The van der Waals surface area contributed by atoms with E-state index in [0.717, 1.165) is 6.08 Å². The number of aryl methyl sites for hydroxylation is 1. The number of alkyl halides is 3. The zero-order chi connectivity index (χ0) is 14.4. The minimum Gasteiger partial charge on any atom is -0.478 e. The zero-order valence-corrected chi connectivity index (χ0v) is 10.3. The number of halogens is 4. The molecule has 1 aliphatic heterocycles. The van der Waals surface area contributed by atoms with Crippen LogP contribution in [0.25, 0.3) is 6.08 Å². The van der Waals surface area contributed by atoms with Crippen molar-refractivity contribution in [2.45, 2.75) is 19.2 Å². The first kappa shape index (κ1) is 13.7. The van der Waals surface area contributed by atoms with E-state index in [9.17, 15) is 18.0 Å². The summed E-state index contributed by atoms with van der Waals surface area (Å²) in [5, 5.41) is 9.17. The molecule has 1 atom stereocenters. The SMILES string of the molecule is Cc1cc2c(cc1Cl)C=C(C(=O)O)C(C(F)(F)F)O2. The molecule has 1 N–H and O–H groups in total. The van der Waals surface area contributed by atoms with Crippen LogP contribution in [0.4, 0.5) is 13.2 Å². The molecular formula is C12H8ClF3O3. The van der Waals surface area contributed by atoms with Crippen molar-refractivity contribution in [1.82, 2.24) is 0 Å². The second-order valence-corrected chi connectivity index (χ2v) is 4.49. The molecule has 1 unspecified atom stereocenters. The summed E-state index contributed by atoms with van der Waals surface area (Å²) in [6, 6.07) is 2.73. The van der Waals surface area contributed by atoms with Crippen LogP contribution in [-0.4, -0.2) is 23.4 Å². The van der Waals surface area contributed by atoms with E-state index in [1.807, 2.05) is 0 Å². The summed E-state index contributed by atoms with van der Waals surface area (Å²) < 4.78 is 43.1. The predicted molar refractivity (Wildman–Crippen MR) is 62.3 cm³/mol. The summed E-state index contributed by atoms with van der Waals surface area (Å²) in [6.07, 6.45) is -6.34. The van der Waals surface area contributed by atoms with Gasteiger partial charge in [-0.15, -0.1) is 0 Å². The Morgan fingerprint density at radius 2 is 2.05 bits per heavy atom. The summed E-state index contributed by atoms with van der Waals surface area (Å²) >= 11 is 5.84. The van der Waals surface area contributed by atoms with Crippen molar-refractivity contribution in [2.75, 3.05) is 0 Å². The van der Waals surface area contributed by atoms with Crippen molar-refractivity contribution in [1.29, 1.82) is 0 Å². The third kappa shape index (κ3) is 2.53. The highest BCUT2D eigenvalue weighted by molar-refractivity contribution is 6.31. The first-order valence-corrected chi connectivity index (χ1v) is 5.56. The number of hydrogen-bond acceptors (Lipinski definition) is 2. The molecule has 0 bridgehead atoms. The largest absolute Gasteiger partial charge is 0.478 e. The lowest BCUT2D eigenvalue weighted by Gasteiger charge is -2.27. The second-order valence-electron chi connectivity index (χ2n) is 4.08. The number of carboxylic acid groups (broad SMARTS) is 1. The molecule has 0 saturated carbocycles. The number of ether oxygens (including phenoxy) is 1. The van der Waals surface area contributed by atoms with Gasteiger partial charge in [0.05, 0.1) is 5.57 Å². The molecule has 0 radical (unpaired) electrons. The predicted octanol–water partition coefficient (Wildman–Crippen LogP) is 3.44. The van der Waals surface area contributed by atoms with Gasteiger partial charge in [-0.3, -0.25) is 0 Å². The maximum absolute atomic E-state index is 12.8. The van der Waals surface area contributed by atoms with Crippen molar-refractivity contribution >= 4 is 23.6 Å². The van der Waals surface area contributed by atoms with Crippen LogP contribution in [0, 0.1) is 6.92 Å². The van der Waals surface area contributed by atoms with Crippen LogP contribution in [-0.2, 0) is 4.79 Å². The smallest absolute Gasteiger partial charge is 0.430 e. The van der Waals surface area contributed by atoms with Crippen LogP contribution in [0.2, 0.25) is 5.02 Å². The molecule has 7 heteroatoms. The summed E-state index contributed by atoms with van der Waals surface area (Å²) in [6.45, 7) is 1.62. The Kier molecular flexibility index (Phi) is 3.22. The van der Waals surface area contributed by atoms with Crippen LogP contribution in [0.1, 0.15) is 11.1 Å². The Balaban J connectivity index is 2.57. The first-order valence-electron chi connectivity index (χ1n) is 5.18. The standard InChI is InChI=1S/C12H8ClF3O3/c1-5-2-9-6(4-8(5)13)3-7(11(17)18)10(19-9)12(14,15)16/h2-4,10H,1H3,(H,17,18). The lowest BCUT2D eigenvalue weighted by molar-refractivity contribution is -0.187. The van der Waals surface area contributed by atoms with Crippen molar-refractivity contribution in [3.63, 3.8) is 0 Å². The molecule has 1 aromatic carbocycles. The van der Waals surface area contributed by atoms with Crippen LogP contribution < -0.4 is 4.74 Å². The fourth-order valence-corrected chi connectivity index (χ4v) is 1.91.